The van der Waals surface area contributed by atoms with Gasteiger partial charge in [0.15, 0.2) is 0 Å². The molecular formula is C19H18Cl2N2O2. The number of carbonyl (C=O) groups excluding carboxylic acids is 2. The lowest BCUT2D eigenvalue weighted by Gasteiger charge is -2.15. The summed E-state index contributed by atoms with van der Waals surface area (Å²) >= 11 is 11.8. The van der Waals surface area contributed by atoms with E-state index in [-0.39, 0.29) is 11.8 Å². The number of anilines is 1. The van der Waals surface area contributed by atoms with E-state index in [4.69, 9.17) is 23.2 Å². The second-order valence-corrected chi connectivity index (χ2v) is 6.97. The van der Waals surface area contributed by atoms with Gasteiger partial charge < -0.3 is 10.6 Å². The molecule has 0 spiro atoms. The molecule has 0 saturated heterocycles. The average molecular weight is 377 g/mol. The molecule has 1 aliphatic carbocycles. The van der Waals surface area contributed by atoms with E-state index >= 15 is 0 Å². The van der Waals surface area contributed by atoms with Gasteiger partial charge in [-0.1, -0.05) is 53.5 Å². The number of amides is 2. The first-order valence-corrected chi connectivity index (χ1v) is 8.86. The zero-order chi connectivity index (χ0) is 17.9. The number of benzene rings is 2. The van der Waals surface area contributed by atoms with E-state index in [1.54, 1.807) is 18.2 Å². The van der Waals surface area contributed by atoms with Gasteiger partial charge in [0, 0.05) is 12.2 Å². The molecule has 3 rings (SSSR count). The van der Waals surface area contributed by atoms with Gasteiger partial charge in [-0.25, -0.2) is 0 Å². The Morgan fingerprint density at radius 2 is 1.68 bits per heavy atom. The number of carbonyl (C=O) groups is 2. The first kappa shape index (κ1) is 17.8. The van der Waals surface area contributed by atoms with Crippen LogP contribution in [0.15, 0.2) is 48.5 Å². The summed E-state index contributed by atoms with van der Waals surface area (Å²) in [4.78, 5) is 25.0. The summed E-state index contributed by atoms with van der Waals surface area (Å²) in [5.74, 6) is -0.524. The molecule has 6 heteroatoms. The number of rotatable bonds is 6. The van der Waals surface area contributed by atoms with Gasteiger partial charge in [-0.2, -0.15) is 0 Å². The normalized spacial score (nSPS) is 14.6. The molecular weight excluding hydrogens is 359 g/mol. The number of hydrogen-bond donors (Lipinski definition) is 2. The lowest BCUT2D eigenvalue weighted by atomic mass is 10.0. The third kappa shape index (κ3) is 4.14. The van der Waals surface area contributed by atoms with Crippen molar-refractivity contribution in [1.82, 2.24) is 5.32 Å². The number of nitrogens with one attached hydrogen (secondary N) is 2. The lowest BCUT2D eigenvalue weighted by Crippen LogP contribution is -2.40. The summed E-state index contributed by atoms with van der Waals surface area (Å²) in [5, 5.41) is 6.41. The quantitative estimate of drug-likeness (QED) is 0.746. The second-order valence-electron chi connectivity index (χ2n) is 6.16. The van der Waals surface area contributed by atoms with Gasteiger partial charge in [0.2, 0.25) is 11.8 Å². The van der Waals surface area contributed by atoms with Crippen LogP contribution >= 0.6 is 23.2 Å². The molecule has 0 atom stereocenters. The molecule has 0 heterocycles. The highest BCUT2D eigenvalue weighted by atomic mass is 35.5. The fourth-order valence-electron chi connectivity index (χ4n) is 2.64. The van der Waals surface area contributed by atoms with E-state index in [1.807, 2.05) is 30.3 Å². The molecule has 1 saturated carbocycles. The van der Waals surface area contributed by atoms with Gasteiger partial charge in [-0.15, -0.1) is 0 Å². The van der Waals surface area contributed by atoms with E-state index < -0.39 is 5.41 Å². The van der Waals surface area contributed by atoms with Gasteiger partial charge in [-0.3, -0.25) is 9.59 Å². The van der Waals surface area contributed by atoms with Crippen molar-refractivity contribution >= 4 is 40.7 Å². The predicted octanol–water partition coefficient (Wildman–Crippen LogP) is 4.07. The molecule has 2 N–H and O–H groups in total. The summed E-state index contributed by atoms with van der Waals surface area (Å²) < 4.78 is 0. The molecule has 0 aliphatic heterocycles. The van der Waals surface area contributed by atoms with Gasteiger partial charge >= 0.3 is 0 Å². The number of hydrogen-bond acceptors (Lipinski definition) is 2. The van der Waals surface area contributed by atoms with E-state index in [1.165, 1.54) is 0 Å². The van der Waals surface area contributed by atoms with Gasteiger partial charge in [0.25, 0.3) is 0 Å². The first-order chi connectivity index (χ1) is 12.0. The molecule has 4 nitrogen and oxygen atoms in total. The Balaban J connectivity index is 1.56. The van der Waals surface area contributed by atoms with Crippen LogP contribution in [-0.4, -0.2) is 18.4 Å². The third-order valence-electron chi connectivity index (χ3n) is 4.34. The Labute approximate surface area is 156 Å². The van der Waals surface area contributed by atoms with Crippen LogP contribution in [0.3, 0.4) is 0 Å². The standard InChI is InChI=1S/C19H18Cl2N2O2/c20-15-7-6-14(12-16(15)21)23-18(25)19(9-10-19)17(24)22-11-8-13-4-2-1-3-5-13/h1-7,12H,8-11H2,(H,22,24)(H,23,25). The van der Waals surface area contributed by atoms with Crippen LogP contribution in [0, 0.1) is 5.41 Å². The van der Waals surface area contributed by atoms with Crippen molar-refractivity contribution in [3.63, 3.8) is 0 Å². The highest BCUT2D eigenvalue weighted by molar-refractivity contribution is 6.42. The van der Waals surface area contributed by atoms with E-state index in [0.29, 0.717) is 35.1 Å². The minimum absolute atomic E-state index is 0.221. The van der Waals surface area contributed by atoms with Crippen LogP contribution in [-0.2, 0) is 16.0 Å². The highest BCUT2D eigenvalue weighted by Crippen LogP contribution is 2.47. The Kier molecular flexibility index (Phi) is 5.30. The zero-order valence-corrected chi connectivity index (χ0v) is 15.0. The fourth-order valence-corrected chi connectivity index (χ4v) is 2.94. The van der Waals surface area contributed by atoms with Gasteiger partial charge in [-0.05, 0) is 43.0 Å². The molecule has 0 aromatic heterocycles. The summed E-state index contributed by atoms with van der Waals surface area (Å²) in [5.41, 5.74) is 0.707. The van der Waals surface area contributed by atoms with E-state index in [2.05, 4.69) is 10.6 Å². The van der Waals surface area contributed by atoms with Crippen molar-refractivity contribution in [2.75, 3.05) is 11.9 Å². The van der Waals surface area contributed by atoms with Crippen LogP contribution in [0.2, 0.25) is 10.0 Å². The fraction of sp³-hybridized carbons (Fsp3) is 0.263. The zero-order valence-electron chi connectivity index (χ0n) is 13.5. The molecule has 1 fully saturated rings. The molecule has 130 valence electrons. The van der Waals surface area contributed by atoms with E-state index in [9.17, 15) is 9.59 Å². The van der Waals surface area contributed by atoms with Gasteiger partial charge in [0.05, 0.1) is 10.0 Å². The average Bonchev–Trinajstić information content (AvgIpc) is 3.41. The van der Waals surface area contributed by atoms with E-state index in [0.717, 1.165) is 12.0 Å². The first-order valence-electron chi connectivity index (χ1n) is 8.10. The van der Waals surface area contributed by atoms with Crippen LogP contribution in [0.1, 0.15) is 18.4 Å². The SMILES string of the molecule is O=C(NCCc1ccccc1)C1(C(=O)Nc2ccc(Cl)c(Cl)c2)CC1. The van der Waals surface area contributed by atoms with Crippen molar-refractivity contribution in [2.24, 2.45) is 5.41 Å². The molecule has 1 aliphatic rings. The molecule has 0 bridgehead atoms. The smallest absolute Gasteiger partial charge is 0.240 e. The minimum atomic E-state index is -0.969. The molecule has 0 radical (unpaired) electrons. The van der Waals surface area contributed by atoms with Gasteiger partial charge in [0.1, 0.15) is 5.41 Å². The third-order valence-corrected chi connectivity index (χ3v) is 5.08. The van der Waals surface area contributed by atoms with Crippen LogP contribution in [0.5, 0.6) is 0 Å². The molecule has 2 aromatic carbocycles. The Morgan fingerprint density at radius 1 is 0.960 bits per heavy atom. The topological polar surface area (TPSA) is 58.2 Å². The van der Waals surface area contributed by atoms with Crippen molar-refractivity contribution < 1.29 is 9.59 Å². The molecule has 0 unspecified atom stereocenters. The Bertz CT molecular complexity index is 789. The van der Waals surface area contributed by atoms with Crippen molar-refractivity contribution in [1.29, 1.82) is 0 Å². The largest absolute Gasteiger partial charge is 0.355 e. The maximum absolute atomic E-state index is 12.5. The lowest BCUT2D eigenvalue weighted by molar-refractivity contribution is -0.134. The van der Waals surface area contributed by atoms with Crippen LogP contribution in [0.25, 0.3) is 0 Å². The van der Waals surface area contributed by atoms with Crippen molar-refractivity contribution in [3.05, 3.63) is 64.1 Å². The number of halogens is 2. The monoisotopic (exact) mass is 376 g/mol. The molecule has 2 aromatic rings. The Hall–Kier alpha value is -2.04. The maximum atomic E-state index is 12.5. The summed E-state index contributed by atoms with van der Waals surface area (Å²) in [6, 6.07) is 14.7. The summed E-state index contributed by atoms with van der Waals surface area (Å²) in [6.07, 6.45) is 1.84. The Morgan fingerprint density at radius 3 is 2.32 bits per heavy atom. The molecule has 25 heavy (non-hydrogen) atoms. The maximum Gasteiger partial charge on any atom is 0.240 e. The highest BCUT2D eigenvalue weighted by Gasteiger charge is 2.56. The molecule has 2 amide bonds. The predicted molar refractivity (Wildman–Crippen MR) is 99.9 cm³/mol. The van der Waals surface area contributed by atoms with Crippen molar-refractivity contribution in [2.45, 2.75) is 19.3 Å². The van der Waals surface area contributed by atoms with Crippen LogP contribution < -0.4 is 10.6 Å². The van der Waals surface area contributed by atoms with Crippen molar-refractivity contribution in [3.8, 4) is 0 Å². The van der Waals surface area contributed by atoms with Crippen LogP contribution in [0.4, 0.5) is 5.69 Å². The summed E-state index contributed by atoms with van der Waals surface area (Å²) in [7, 11) is 0. The second kappa shape index (κ2) is 7.46. The summed E-state index contributed by atoms with van der Waals surface area (Å²) in [6.45, 7) is 0.505. The minimum Gasteiger partial charge on any atom is -0.355 e.